The van der Waals surface area contributed by atoms with Crippen LogP contribution in [-0.2, 0) is 62.3 Å². The van der Waals surface area contributed by atoms with E-state index in [1.165, 1.54) is 89.9 Å². The zero-order chi connectivity index (χ0) is 63.1. The molecular weight excluding hydrogens is 1330 g/mol. The van der Waals surface area contributed by atoms with Gasteiger partial charge in [-0.05, 0) is 62.1 Å². The van der Waals surface area contributed by atoms with Crippen molar-refractivity contribution in [1.82, 2.24) is 0 Å². The summed E-state index contributed by atoms with van der Waals surface area (Å²) in [5, 5.41) is 0. The minimum absolute atomic E-state index is 0.0512. The molecule has 464 valence electrons. The fourth-order valence-corrected chi connectivity index (χ4v) is 16.1. The zero-order valence-corrected chi connectivity index (χ0v) is 47.8. The molecule has 0 fully saturated rings. The Kier molecular flexibility index (Phi) is 23.1. The molecule has 6 rings (SSSR count). The van der Waals surface area contributed by atoms with Crippen LogP contribution >= 0.6 is 22.7 Å². The molecule has 0 aliphatic heterocycles. The van der Waals surface area contributed by atoms with E-state index < -0.39 is 195 Å². The first-order chi connectivity index (χ1) is 38.6. The Morgan fingerprint density at radius 3 is 0.690 bits per heavy atom. The second-order valence-electron chi connectivity index (χ2n) is 19.8. The minimum Gasteiger partial charge on any atom is -0.194 e. The Morgan fingerprint density at radius 1 is 0.286 bits per heavy atom. The van der Waals surface area contributed by atoms with Crippen LogP contribution in [0.3, 0.4) is 0 Å². The lowest BCUT2D eigenvalue weighted by atomic mass is 9.12. The Bertz CT molecular complexity index is 2600. The van der Waals surface area contributed by atoms with Gasteiger partial charge in [0.1, 0.15) is 6.15 Å². The Labute approximate surface area is 485 Å². The second kappa shape index (κ2) is 27.6. The first kappa shape index (κ1) is 70.2. The van der Waals surface area contributed by atoms with Gasteiger partial charge in [-0.1, -0.05) is 149 Å². The summed E-state index contributed by atoms with van der Waals surface area (Å²) in [7, 11) is 0. The molecular formula is C56H50BF24IS2. The van der Waals surface area contributed by atoms with Gasteiger partial charge in [0.05, 0.1) is 44.5 Å². The summed E-state index contributed by atoms with van der Waals surface area (Å²) in [4.78, 5) is 3.23. The highest BCUT2D eigenvalue weighted by Gasteiger charge is 2.47. The molecule has 6 aromatic rings. The number of alkyl halides is 24. The van der Waals surface area contributed by atoms with Crippen LogP contribution in [0.25, 0.3) is 0 Å². The number of thiophene rings is 2. The summed E-state index contributed by atoms with van der Waals surface area (Å²) in [6.07, 6.45) is -35.4. The molecule has 0 bridgehead atoms. The van der Waals surface area contributed by atoms with Gasteiger partial charge in [-0.2, -0.15) is 127 Å². The molecule has 0 spiro atoms. The Hall–Kier alpha value is -4.61. The first-order valence-corrected chi connectivity index (χ1v) is 29.5. The van der Waals surface area contributed by atoms with Crippen molar-refractivity contribution in [2.24, 2.45) is 0 Å². The predicted octanol–water partition coefficient (Wildman–Crippen LogP) is 17.0. The van der Waals surface area contributed by atoms with E-state index in [1.807, 2.05) is 0 Å². The summed E-state index contributed by atoms with van der Waals surface area (Å²) in [6, 6.07) is 0.817. The molecule has 0 nitrogen and oxygen atoms in total. The fraction of sp³-hybridized carbons (Fsp3) is 0.429. The number of halogens is 25. The van der Waals surface area contributed by atoms with Crippen LogP contribution in [0.15, 0.2) is 97.1 Å². The summed E-state index contributed by atoms with van der Waals surface area (Å²) in [5.74, 6) is 0. The van der Waals surface area contributed by atoms with Crippen LogP contribution in [0, 0.1) is 5.77 Å². The van der Waals surface area contributed by atoms with E-state index >= 15 is 0 Å². The third-order valence-electron chi connectivity index (χ3n) is 13.4. The molecule has 0 radical (unpaired) electrons. The lowest BCUT2D eigenvalue weighted by Gasteiger charge is -2.46. The lowest BCUT2D eigenvalue weighted by molar-refractivity contribution is -0.585. The molecule has 0 aliphatic carbocycles. The maximum atomic E-state index is 14.2. The predicted molar refractivity (Wildman–Crippen MR) is 270 cm³/mol. The number of rotatable bonds is 20. The van der Waals surface area contributed by atoms with Crippen LogP contribution in [0.2, 0.25) is 0 Å². The smallest absolute Gasteiger partial charge is 0.194 e. The number of aryl methyl sites for hydroxylation is 2. The maximum absolute atomic E-state index is 14.2. The molecule has 4 aromatic carbocycles. The van der Waals surface area contributed by atoms with E-state index in [1.54, 1.807) is 15.5 Å². The van der Waals surface area contributed by atoms with Gasteiger partial charge in [-0.25, -0.2) is 0 Å². The topological polar surface area (TPSA) is 0 Å². The van der Waals surface area contributed by atoms with Crippen molar-refractivity contribution in [3.63, 3.8) is 0 Å². The number of hydrogen-bond donors (Lipinski definition) is 0. The van der Waals surface area contributed by atoms with Crippen LogP contribution in [0.5, 0.6) is 0 Å². The number of hydrogen-bond acceptors (Lipinski definition) is 2. The van der Waals surface area contributed by atoms with Gasteiger partial charge in [0.25, 0.3) is 0 Å². The van der Waals surface area contributed by atoms with Crippen LogP contribution in [-0.4, -0.2) is 6.15 Å². The van der Waals surface area contributed by atoms with Crippen molar-refractivity contribution < 1.29 is 127 Å². The molecule has 0 atom stereocenters. The molecule has 2 heterocycles. The molecule has 28 heteroatoms. The van der Waals surface area contributed by atoms with Crippen molar-refractivity contribution in [3.05, 3.63) is 157 Å². The van der Waals surface area contributed by atoms with E-state index in [0.717, 1.165) is 0 Å². The summed E-state index contributed by atoms with van der Waals surface area (Å²) >= 11 is 4.23. The maximum Gasteiger partial charge on any atom is 0.416 e. The van der Waals surface area contributed by atoms with Crippen LogP contribution < -0.4 is 43.1 Å². The lowest BCUT2D eigenvalue weighted by Crippen LogP contribution is -3.61. The average molecular weight is 1380 g/mol. The van der Waals surface area contributed by atoms with E-state index in [9.17, 15) is 105 Å². The molecule has 0 saturated heterocycles. The van der Waals surface area contributed by atoms with Crippen LogP contribution in [0.1, 0.15) is 145 Å². The highest BCUT2D eigenvalue weighted by Crippen LogP contribution is 2.41. The van der Waals surface area contributed by atoms with E-state index in [4.69, 9.17) is 0 Å². The highest BCUT2D eigenvalue weighted by atomic mass is 127. The minimum atomic E-state index is -6.13. The number of unbranched alkanes of at least 4 members (excludes halogenated alkanes) is 10. The van der Waals surface area contributed by atoms with Gasteiger partial charge in [-0.3, -0.25) is 0 Å². The third-order valence-corrected chi connectivity index (χ3v) is 19.4. The van der Waals surface area contributed by atoms with E-state index in [-0.39, 0.29) is 21.2 Å². The zero-order valence-electron chi connectivity index (χ0n) is 44.0. The van der Waals surface area contributed by atoms with Gasteiger partial charge in [0.15, 0.2) is 0 Å². The summed E-state index contributed by atoms with van der Waals surface area (Å²) in [5.41, 5.74) is -30.2. The van der Waals surface area contributed by atoms with Crippen molar-refractivity contribution in [2.45, 2.75) is 153 Å². The molecule has 0 aliphatic rings. The normalized spacial score (nSPS) is 13.4. The summed E-state index contributed by atoms with van der Waals surface area (Å²) in [6.45, 7) is 4.59. The van der Waals surface area contributed by atoms with Crippen molar-refractivity contribution >= 4 is 50.7 Å². The molecule has 2 aromatic heterocycles. The second-order valence-corrected chi connectivity index (χ2v) is 26.4. The van der Waals surface area contributed by atoms with Crippen molar-refractivity contribution in [1.29, 1.82) is 0 Å². The Balaban J connectivity index is 0.000000398. The molecule has 0 N–H and O–H groups in total. The van der Waals surface area contributed by atoms with E-state index in [2.05, 4.69) is 60.8 Å². The highest BCUT2D eigenvalue weighted by molar-refractivity contribution is 7.20. The standard InChI is InChI=1S/C32H12BF24.C24H38IS2/c34-25(35,36)13-1-14(26(37,38)39)6-21(5-13)33(22-7-15(27(40,41)42)2-16(8-22)28(43,44)45,23-9-17(29(46,47)48)3-18(10-23)30(49,50)51)24-11-19(31(52,53)54)4-20(12-24)32(55,56)57;1-3-5-7-9-11-13-15-21-17-19-23(26-21)25-24-20-18-22(27-24)16-14-12-10-8-6-4-2/h1-12H;17-20H,3-16H2,1-2H3/q-1;+1. The van der Waals surface area contributed by atoms with E-state index in [0.29, 0.717) is 0 Å². The third kappa shape index (κ3) is 19.2. The van der Waals surface area contributed by atoms with Gasteiger partial charge < -0.3 is 0 Å². The van der Waals surface area contributed by atoms with Gasteiger partial charge in [0.2, 0.25) is 5.77 Å². The number of benzene rings is 4. The molecule has 0 unspecified atom stereocenters. The Morgan fingerprint density at radius 2 is 0.488 bits per heavy atom. The average Bonchev–Trinajstić information content (AvgIpc) is 0.830. The SMILES string of the molecule is CCCCCCCCc1ccc([I+]c2ccc(CCCCCCCC)s2)s1.FC(F)(F)c1cc([B-](c2cc(C(F)(F)F)cc(C(F)(F)F)c2)(c2cc(C(F)(F)F)cc(C(F)(F)F)c2)c2cc(C(F)(F)F)cc(C(F)(F)F)c2)cc(C(F)(F)F)c1. The molecule has 0 amide bonds. The molecule has 0 saturated carbocycles. The summed E-state index contributed by atoms with van der Waals surface area (Å²) < 4.78 is 344. The van der Waals surface area contributed by atoms with Gasteiger partial charge >= 0.3 is 70.6 Å². The largest absolute Gasteiger partial charge is 0.416 e. The van der Waals surface area contributed by atoms with Crippen molar-refractivity contribution in [3.8, 4) is 0 Å². The van der Waals surface area contributed by atoms with Crippen LogP contribution in [0.4, 0.5) is 105 Å². The quantitative estimate of drug-likeness (QED) is 0.0309. The van der Waals surface area contributed by atoms with Crippen molar-refractivity contribution in [2.75, 3.05) is 0 Å². The first-order valence-electron chi connectivity index (χ1n) is 25.8. The van der Waals surface area contributed by atoms with Gasteiger partial charge in [-0.15, -0.1) is 0 Å². The van der Waals surface area contributed by atoms with Gasteiger partial charge in [0, 0.05) is 21.9 Å². The monoisotopic (exact) mass is 1380 g/mol. The fourth-order valence-electron chi connectivity index (χ4n) is 9.40. The molecule has 84 heavy (non-hydrogen) atoms.